The second kappa shape index (κ2) is 7.12. The largest absolute Gasteiger partial charge is 0.321 e. The van der Waals surface area contributed by atoms with Crippen molar-refractivity contribution in [3.05, 3.63) is 106 Å². The summed E-state index contributed by atoms with van der Waals surface area (Å²) in [6.45, 7) is 2.36. The van der Waals surface area contributed by atoms with E-state index in [0.29, 0.717) is 28.8 Å². The van der Waals surface area contributed by atoms with E-state index in [4.69, 9.17) is 4.98 Å². The predicted octanol–water partition coefficient (Wildman–Crippen LogP) is 4.25. The Bertz CT molecular complexity index is 1380. The Morgan fingerprint density at radius 2 is 1.73 bits per heavy atom. The van der Waals surface area contributed by atoms with Crippen LogP contribution in [0, 0.1) is 6.92 Å². The number of hydrogen-bond donors (Lipinski definition) is 1. The van der Waals surface area contributed by atoms with E-state index in [1.165, 1.54) is 0 Å². The minimum atomic E-state index is -0.190. The van der Waals surface area contributed by atoms with Gasteiger partial charge in [-0.15, -0.1) is 0 Å². The van der Waals surface area contributed by atoms with Crippen molar-refractivity contribution in [3.8, 4) is 0 Å². The maximum absolute atomic E-state index is 13.3. The summed E-state index contributed by atoms with van der Waals surface area (Å²) in [6.07, 6.45) is 1.72. The first-order chi connectivity index (χ1) is 14.6. The average molecular weight is 393 g/mol. The van der Waals surface area contributed by atoms with E-state index in [-0.39, 0.29) is 11.5 Å². The lowest BCUT2D eigenvalue weighted by atomic mass is 10.0. The molecule has 5 rings (SSSR count). The molecule has 2 heterocycles. The fraction of sp³-hybridized carbons (Fsp3) is 0.0800. The second-order valence-electron chi connectivity index (χ2n) is 7.43. The Morgan fingerprint density at radius 1 is 0.967 bits per heavy atom. The summed E-state index contributed by atoms with van der Waals surface area (Å²) in [5.41, 5.74) is 4.65. The van der Waals surface area contributed by atoms with Crippen LogP contribution in [0.25, 0.3) is 22.6 Å². The lowest BCUT2D eigenvalue weighted by Crippen LogP contribution is -2.24. The maximum atomic E-state index is 13.3. The summed E-state index contributed by atoms with van der Waals surface area (Å²) in [5.74, 6) is 0.270. The number of nitrogens with one attached hydrogen (secondary N) is 1. The van der Waals surface area contributed by atoms with Gasteiger partial charge in [0.05, 0.1) is 23.0 Å². The van der Waals surface area contributed by atoms with Crippen LogP contribution in [0.2, 0.25) is 0 Å². The Hall–Kier alpha value is -3.99. The molecule has 5 heteroatoms. The van der Waals surface area contributed by atoms with Gasteiger partial charge in [0.1, 0.15) is 5.82 Å². The standard InChI is InChI=1S/C25H19N3O2/c1-16-11-12-22-19(13-16)20(24(29)27-22)14-23-26-21-10-6-5-9-18(21)25(30)28(23)15-17-7-3-2-4-8-17/h2-14H,15H2,1H3,(H,27,29). The van der Waals surface area contributed by atoms with Crippen molar-refractivity contribution in [1.29, 1.82) is 0 Å². The molecule has 0 saturated heterocycles. The normalized spacial score (nSPS) is 14.2. The summed E-state index contributed by atoms with van der Waals surface area (Å²) < 4.78 is 1.63. The lowest BCUT2D eigenvalue weighted by Gasteiger charge is -2.12. The zero-order valence-electron chi connectivity index (χ0n) is 16.4. The van der Waals surface area contributed by atoms with Gasteiger partial charge in [-0.2, -0.15) is 0 Å². The summed E-state index contributed by atoms with van der Waals surface area (Å²) in [7, 11) is 0. The number of aryl methyl sites for hydroxylation is 1. The fourth-order valence-corrected chi connectivity index (χ4v) is 3.79. The molecule has 1 N–H and O–H groups in total. The van der Waals surface area contributed by atoms with Crippen LogP contribution in [-0.4, -0.2) is 15.5 Å². The van der Waals surface area contributed by atoms with Gasteiger partial charge in [0.25, 0.3) is 11.5 Å². The van der Waals surface area contributed by atoms with Crippen LogP contribution in [-0.2, 0) is 11.3 Å². The molecule has 0 spiro atoms. The molecule has 3 aromatic carbocycles. The molecule has 4 aromatic rings. The van der Waals surface area contributed by atoms with Crippen molar-refractivity contribution in [2.75, 3.05) is 5.32 Å². The Kier molecular flexibility index (Phi) is 4.29. The first-order valence-corrected chi connectivity index (χ1v) is 9.78. The van der Waals surface area contributed by atoms with Crippen molar-refractivity contribution in [1.82, 2.24) is 9.55 Å². The number of aromatic nitrogens is 2. The molecule has 0 bridgehead atoms. The molecule has 0 aliphatic carbocycles. The monoisotopic (exact) mass is 393 g/mol. The SMILES string of the molecule is Cc1ccc2c(c1)C(=Cc1nc3ccccc3c(=O)n1Cc1ccccc1)C(=O)N2. The highest BCUT2D eigenvalue weighted by Gasteiger charge is 2.25. The smallest absolute Gasteiger partial charge is 0.261 e. The molecule has 1 aromatic heterocycles. The van der Waals surface area contributed by atoms with Crippen LogP contribution in [0.5, 0.6) is 0 Å². The molecule has 5 nitrogen and oxygen atoms in total. The molecule has 30 heavy (non-hydrogen) atoms. The molecular formula is C25H19N3O2. The summed E-state index contributed by atoms with van der Waals surface area (Å²) >= 11 is 0. The Balaban J connectivity index is 1.74. The Morgan fingerprint density at radius 3 is 2.57 bits per heavy atom. The van der Waals surface area contributed by atoms with Crippen molar-refractivity contribution >= 4 is 34.1 Å². The predicted molar refractivity (Wildman–Crippen MR) is 119 cm³/mol. The second-order valence-corrected chi connectivity index (χ2v) is 7.43. The van der Waals surface area contributed by atoms with E-state index in [1.807, 2.05) is 73.7 Å². The highest BCUT2D eigenvalue weighted by atomic mass is 16.2. The van der Waals surface area contributed by atoms with Gasteiger partial charge in [-0.25, -0.2) is 4.98 Å². The van der Waals surface area contributed by atoms with Gasteiger partial charge in [-0.1, -0.05) is 54.1 Å². The van der Waals surface area contributed by atoms with Crippen LogP contribution in [0.1, 0.15) is 22.5 Å². The van der Waals surface area contributed by atoms with Gasteiger partial charge in [0.2, 0.25) is 0 Å². The number of benzene rings is 3. The van der Waals surface area contributed by atoms with Gasteiger partial charge in [0.15, 0.2) is 0 Å². The van der Waals surface area contributed by atoms with E-state index in [1.54, 1.807) is 16.7 Å². The zero-order valence-corrected chi connectivity index (χ0v) is 16.4. The van der Waals surface area contributed by atoms with Crippen LogP contribution in [0.15, 0.2) is 77.6 Å². The number of nitrogens with zero attached hydrogens (tertiary/aromatic N) is 2. The zero-order chi connectivity index (χ0) is 20.7. The van der Waals surface area contributed by atoms with Gasteiger partial charge in [-0.05, 0) is 42.8 Å². The molecule has 0 fully saturated rings. The van der Waals surface area contributed by atoms with Crippen LogP contribution >= 0.6 is 0 Å². The fourth-order valence-electron chi connectivity index (χ4n) is 3.79. The quantitative estimate of drug-likeness (QED) is 0.530. The number of para-hydroxylation sites is 1. The molecule has 0 saturated carbocycles. The molecule has 1 aliphatic heterocycles. The van der Waals surface area contributed by atoms with Crippen molar-refractivity contribution in [2.45, 2.75) is 13.5 Å². The third-order valence-corrected chi connectivity index (χ3v) is 5.31. The maximum Gasteiger partial charge on any atom is 0.261 e. The third kappa shape index (κ3) is 3.10. The van der Waals surface area contributed by atoms with E-state index in [2.05, 4.69) is 5.32 Å². The highest BCUT2D eigenvalue weighted by molar-refractivity contribution is 6.34. The van der Waals surface area contributed by atoms with Crippen molar-refractivity contribution in [2.24, 2.45) is 0 Å². The average Bonchev–Trinajstić information content (AvgIpc) is 3.06. The number of carbonyl (C=O) groups is 1. The van der Waals surface area contributed by atoms with Gasteiger partial charge < -0.3 is 5.32 Å². The molecule has 146 valence electrons. The van der Waals surface area contributed by atoms with Crippen molar-refractivity contribution < 1.29 is 4.79 Å². The minimum Gasteiger partial charge on any atom is -0.321 e. The number of hydrogen-bond acceptors (Lipinski definition) is 3. The molecule has 0 atom stereocenters. The number of fused-ring (bicyclic) bond motifs is 2. The number of anilines is 1. The van der Waals surface area contributed by atoms with E-state index < -0.39 is 0 Å². The van der Waals surface area contributed by atoms with Gasteiger partial charge in [-0.3, -0.25) is 14.2 Å². The number of rotatable bonds is 3. The van der Waals surface area contributed by atoms with Gasteiger partial charge in [0, 0.05) is 11.3 Å². The molecule has 1 aliphatic rings. The number of carbonyl (C=O) groups excluding carboxylic acids is 1. The first-order valence-electron chi connectivity index (χ1n) is 9.78. The minimum absolute atomic E-state index is 0.126. The van der Waals surface area contributed by atoms with Crippen LogP contribution in [0.4, 0.5) is 5.69 Å². The van der Waals surface area contributed by atoms with Crippen molar-refractivity contribution in [3.63, 3.8) is 0 Å². The summed E-state index contributed by atoms with van der Waals surface area (Å²) in [6, 6.07) is 22.9. The molecule has 0 radical (unpaired) electrons. The van der Waals surface area contributed by atoms with Crippen LogP contribution < -0.4 is 10.9 Å². The first kappa shape index (κ1) is 18.1. The number of amides is 1. The van der Waals surface area contributed by atoms with E-state index in [0.717, 1.165) is 22.4 Å². The Labute approximate surface area is 173 Å². The van der Waals surface area contributed by atoms with E-state index >= 15 is 0 Å². The lowest BCUT2D eigenvalue weighted by molar-refractivity contribution is -0.110. The molecule has 0 unspecified atom stereocenters. The third-order valence-electron chi connectivity index (χ3n) is 5.31. The molecular weight excluding hydrogens is 374 g/mol. The molecule has 1 amide bonds. The summed E-state index contributed by atoms with van der Waals surface area (Å²) in [4.78, 5) is 30.7. The van der Waals surface area contributed by atoms with E-state index in [9.17, 15) is 9.59 Å². The van der Waals surface area contributed by atoms with Gasteiger partial charge >= 0.3 is 0 Å². The van der Waals surface area contributed by atoms with Crippen LogP contribution in [0.3, 0.4) is 0 Å². The topological polar surface area (TPSA) is 64.0 Å². The highest BCUT2D eigenvalue weighted by Crippen LogP contribution is 2.33. The summed E-state index contributed by atoms with van der Waals surface area (Å²) in [5, 5.41) is 3.45.